The lowest BCUT2D eigenvalue weighted by molar-refractivity contribution is 0.269. The van der Waals surface area contributed by atoms with Crippen LogP contribution in [0.3, 0.4) is 0 Å². The Morgan fingerprint density at radius 2 is 2.13 bits per heavy atom. The zero-order chi connectivity index (χ0) is 16.7. The van der Waals surface area contributed by atoms with Crippen molar-refractivity contribution in [2.45, 2.75) is 31.2 Å². The summed E-state index contributed by atoms with van der Waals surface area (Å²) in [6.45, 7) is 0.0669. The van der Waals surface area contributed by atoms with Crippen molar-refractivity contribution in [3.05, 3.63) is 46.6 Å². The van der Waals surface area contributed by atoms with Gasteiger partial charge in [-0.15, -0.1) is 0 Å². The van der Waals surface area contributed by atoms with E-state index in [9.17, 15) is 8.42 Å². The van der Waals surface area contributed by atoms with E-state index in [0.717, 1.165) is 31.1 Å². The lowest BCUT2D eigenvalue weighted by Crippen LogP contribution is -2.36. The highest BCUT2D eigenvalue weighted by molar-refractivity contribution is 7.88. The highest BCUT2D eigenvalue weighted by atomic mass is 35.5. The molecule has 2 aromatic rings. The van der Waals surface area contributed by atoms with Crippen LogP contribution in [-0.2, 0) is 22.0 Å². The van der Waals surface area contributed by atoms with Crippen molar-refractivity contribution in [3.8, 4) is 0 Å². The van der Waals surface area contributed by atoms with Crippen molar-refractivity contribution < 1.29 is 12.9 Å². The summed E-state index contributed by atoms with van der Waals surface area (Å²) < 4.78 is 29.4. The molecule has 1 aromatic carbocycles. The Kier molecular flexibility index (Phi) is 4.20. The first-order chi connectivity index (χ1) is 10.8. The first-order valence-electron chi connectivity index (χ1n) is 7.32. The molecule has 0 bridgehead atoms. The maximum Gasteiger partial charge on any atom is 0.241 e. The molecule has 23 heavy (non-hydrogen) atoms. The van der Waals surface area contributed by atoms with Gasteiger partial charge < -0.3 is 4.52 Å². The number of sulfonamides is 1. The fourth-order valence-corrected chi connectivity index (χ4v) is 3.31. The van der Waals surface area contributed by atoms with Crippen molar-refractivity contribution in [2.75, 3.05) is 13.3 Å². The minimum atomic E-state index is -3.29. The molecule has 1 aliphatic rings. The predicted molar refractivity (Wildman–Crippen MR) is 86.7 cm³/mol. The first kappa shape index (κ1) is 16.4. The van der Waals surface area contributed by atoms with E-state index in [2.05, 4.69) is 10.1 Å². The number of benzene rings is 1. The van der Waals surface area contributed by atoms with E-state index in [4.69, 9.17) is 16.1 Å². The molecule has 0 saturated heterocycles. The van der Waals surface area contributed by atoms with E-state index in [-0.39, 0.29) is 12.0 Å². The molecule has 0 radical (unpaired) electrons. The average Bonchev–Trinajstić information content (AvgIpc) is 2.85. The lowest BCUT2D eigenvalue weighted by atomic mass is 9.64. The van der Waals surface area contributed by atoms with Gasteiger partial charge in [0.1, 0.15) is 0 Å². The van der Waals surface area contributed by atoms with Crippen LogP contribution in [0.25, 0.3) is 0 Å². The van der Waals surface area contributed by atoms with Crippen LogP contribution >= 0.6 is 11.6 Å². The van der Waals surface area contributed by atoms with E-state index >= 15 is 0 Å². The zero-order valence-corrected chi connectivity index (χ0v) is 14.6. The third-order valence-electron chi connectivity index (χ3n) is 4.40. The molecular weight excluding hydrogens is 338 g/mol. The zero-order valence-electron chi connectivity index (χ0n) is 13.0. The van der Waals surface area contributed by atoms with Crippen molar-refractivity contribution in [1.29, 1.82) is 0 Å². The van der Waals surface area contributed by atoms with Crippen LogP contribution in [0, 0.1) is 0 Å². The highest BCUT2D eigenvalue weighted by Crippen LogP contribution is 2.48. The average molecular weight is 356 g/mol. The lowest BCUT2D eigenvalue weighted by Gasteiger charge is -2.39. The van der Waals surface area contributed by atoms with Crippen LogP contribution < -0.4 is 0 Å². The molecule has 3 rings (SSSR count). The smallest absolute Gasteiger partial charge is 0.241 e. The van der Waals surface area contributed by atoms with Gasteiger partial charge in [-0.1, -0.05) is 35.3 Å². The summed E-state index contributed by atoms with van der Waals surface area (Å²) in [6.07, 6.45) is 4.08. The maximum atomic E-state index is 11.5. The minimum Gasteiger partial charge on any atom is -0.338 e. The Morgan fingerprint density at radius 3 is 2.70 bits per heavy atom. The molecule has 0 aliphatic heterocycles. The van der Waals surface area contributed by atoms with E-state index in [1.807, 2.05) is 24.3 Å². The maximum absolute atomic E-state index is 11.5. The molecule has 1 aliphatic carbocycles. The molecule has 8 heteroatoms. The summed E-state index contributed by atoms with van der Waals surface area (Å²) in [4.78, 5) is 4.44. The van der Waals surface area contributed by atoms with Crippen LogP contribution in [0.15, 0.2) is 28.8 Å². The van der Waals surface area contributed by atoms with Crippen molar-refractivity contribution in [1.82, 2.24) is 14.4 Å². The molecule has 0 amide bonds. The molecule has 124 valence electrons. The third-order valence-corrected chi connectivity index (χ3v) is 5.90. The molecular formula is C15H18ClN3O3S. The quantitative estimate of drug-likeness (QED) is 0.823. The van der Waals surface area contributed by atoms with E-state index in [1.165, 1.54) is 11.4 Å². The third kappa shape index (κ3) is 3.13. The molecule has 0 spiro atoms. The second kappa shape index (κ2) is 5.89. The normalized spacial score (nSPS) is 17.2. The summed E-state index contributed by atoms with van der Waals surface area (Å²) >= 11 is 6.11. The largest absolute Gasteiger partial charge is 0.338 e. The van der Waals surface area contributed by atoms with Crippen LogP contribution in [0.2, 0.25) is 5.02 Å². The number of hydrogen-bond donors (Lipinski definition) is 0. The van der Waals surface area contributed by atoms with Gasteiger partial charge in [-0.2, -0.15) is 9.29 Å². The number of aromatic nitrogens is 2. The summed E-state index contributed by atoms with van der Waals surface area (Å²) in [7, 11) is -1.81. The van der Waals surface area contributed by atoms with E-state index in [0.29, 0.717) is 16.7 Å². The summed E-state index contributed by atoms with van der Waals surface area (Å²) in [5, 5.41) is 4.78. The van der Waals surface area contributed by atoms with Gasteiger partial charge in [0, 0.05) is 12.1 Å². The molecule has 1 heterocycles. The van der Waals surface area contributed by atoms with Crippen LogP contribution in [0.4, 0.5) is 0 Å². The number of nitrogens with zero attached hydrogens (tertiary/aromatic N) is 3. The van der Waals surface area contributed by atoms with Crippen molar-refractivity contribution >= 4 is 21.6 Å². The Bertz CT molecular complexity index is 815. The van der Waals surface area contributed by atoms with Gasteiger partial charge in [0.15, 0.2) is 5.82 Å². The van der Waals surface area contributed by atoms with Gasteiger partial charge in [-0.3, -0.25) is 0 Å². The Hall–Kier alpha value is -1.44. The van der Waals surface area contributed by atoms with Crippen LogP contribution in [0.5, 0.6) is 0 Å². The number of rotatable bonds is 5. The van der Waals surface area contributed by atoms with Gasteiger partial charge in [0.2, 0.25) is 15.9 Å². The van der Waals surface area contributed by atoms with Gasteiger partial charge in [-0.25, -0.2) is 8.42 Å². The molecule has 1 saturated carbocycles. The standard InChI is InChI=1S/C15H18ClN3O3S/c1-19(23(2,20)21)10-13-17-14(18-22-13)15(7-4-8-15)11-5-3-6-12(16)9-11/h3,5-6,9H,4,7-8,10H2,1-2H3. The van der Waals surface area contributed by atoms with Crippen molar-refractivity contribution in [2.24, 2.45) is 0 Å². The van der Waals surface area contributed by atoms with Crippen LogP contribution in [0.1, 0.15) is 36.5 Å². The molecule has 0 unspecified atom stereocenters. The van der Waals surface area contributed by atoms with Gasteiger partial charge in [0.25, 0.3) is 0 Å². The fourth-order valence-electron chi connectivity index (χ4n) is 2.78. The number of hydrogen-bond acceptors (Lipinski definition) is 5. The minimum absolute atomic E-state index is 0.0669. The molecule has 6 nitrogen and oxygen atoms in total. The summed E-state index contributed by atoms with van der Waals surface area (Å²) in [6, 6.07) is 7.69. The monoisotopic (exact) mass is 355 g/mol. The molecule has 0 atom stereocenters. The highest BCUT2D eigenvalue weighted by Gasteiger charge is 2.44. The fraction of sp³-hybridized carbons (Fsp3) is 0.467. The van der Waals surface area contributed by atoms with Gasteiger partial charge in [-0.05, 0) is 30.5 Å². The first-order valence-corrected chi connectivity index (χ1v) is 9.54. The molecule has 0 N–H and O–H groups in total. The Morgan fingerprint density at radius 1 is 1.39 bits per heavy atom. The van der Waals surface area contributed by atoms with Crippen molar-refractivity contribution in [3.63, 3.8) is 0 Å². The van der Waals surface area contributed by atoms with Gasteiger partial charge >= 0.3 is 0 Å². The topological polar surface area (TPSA) is 76.3 Å². The van der Waals surface area contributed by atoms with E-state index < -0.39 is 10.0 Å². The molecule has 1 aromatic heterocycles. The van der Waals surface area contributed by atoms with Gasteiger partial charge in [0.05, 0.1) is 18.2 Å². The summed E-state index contributed by atoms with van der Waals surface area (Å²) in [5.74, 6) is 0.893. The number of halogens is 1. The second-order valence-electron chi connectivity index (χ2n) is 5.98. The van der Waals surface area contributed by atoms with E-state index in [1.54, 1.807) is 0 Å². The predicted octanol–water partition coefficient (Wildman–Crippen LogP) is 2.58. The van der Waals surface area contributed by atoms with Crippen LogP contribution in [-0.4, -0.2) is 36.2 Å². The second-order valence-corrected chi connectivity index (χ2v) is 8.50. The molecule has 1 fully saturated rings. The Labute approximate surface area is 140 Å². The Balaban J connectivity index is 1.89. The summed E-state index contributed by atoms with van der Waals surface area (Å²) in [5.41, 5.74) is 0.788. The SMILES string of the molecule is CN(Cc1nc(C2(c3cccc(Cl)c3)CCC2)no1)S(C)(=O)=O.